The van der Waals surface area contributed by atoms with Crippen LogP contribution in [0.4, 0.5) is 4.39 Å². The van der Waals surface area contributed by atoms with E-state index in [0.29, 0.717) is 12.0 Å². The van der Waals surface area contributed by atoms with Gasteiger partial charge in [-0.15, -0.1) is 0 Å². The fourth-order valence-corrected chi connectivity index (χ4v) is 3.21. The number of fused-ring (bicyclic) bond motifs is 1. The molecule has 0 aliphatic heterocycles. The molecule has 5 nitrogen and oxygen atoms in total. The molecule has 0 saturated carbocycles. The summed E-state index contributed by atoms with van der Waals surface area (Å²) in [4.78, 5) is 29.8. The van der Waals surface area contributed by atoms with Crippen LogP contribution in [0.5, 0.6) is 0 Å². The summed E-state index contributed by atoms with van der Waals surface area (Å²) in [5.74, 6) is -0.880. The quantitative estimate of drug-likeness (QED) is 0.687. The van der Waals surface area contributed by atoms with Gasteiger partial charge in [0, 0.05) is 24.3 Å². The molecule has 0 bridgehead atoms. The van der Waals surface area contributed by atoms with Gasteiger partial charge in [0.05, 0.1) is 12.1 Å². The maximum atomic E-state index is 13.5. The summed E-state index contributed by atoms with van der Waals surface area (Å²) in [5.41, 5.74) is 3.27. The third-order valence-corrected chi connectivity index (χ3v) is 4.93. The Balaban J connectivity index is 1.96. The van der Waals surface area contributed by atoms with Crippen molar-refractivity contribution in [2.75, 3.05) is 13.2 Å². The Kier molecular flexibility index (Phi) is 5.90. The average Bonchev–Trinajstić information content (AvgIpc) is 2.68. The number of nitrogens with zero attached hydrogens (tertiary/aromatic N) is 1. The molecular formula is C22H23FN2O3. The number of amides is 1. The number of hydrogen-bond donors (Lipinski definition) is 2. The molecular weight excluding hydrogens is 359 g/mol. The van der Waals surface area contributed by atoms with E-state index < -0.39 is 5.82 Å². The van der Waals surface area contributed by atoms with E-state index in [4.69, 9.17) is 5.11 Å². The van der Waals surface area contributed by atoms with Crippen LogP contribution < -0.4 is 5.56 Å². The highest BCUT2D eigenvalue weighted by Crippen LogP contribution is 2.20. The monoisotopic (exact) mass is 382 g/mol. The normalized spacial score (nSPS) is 11.0. The van der Waals surface area contributed by atoms with E-state index in [1.165, 1.54) is 29.2 Å². The first kappa shape index (κ1) is 19.8. The van der Waals surface area contributed by atoms with Crippen molar-refractivity contribution in [2.45, 2.75) is 26.8 Å². The number of aliphatic hydroxyl groups is 1. The molecule has 0 radical (unpaired) electrons. The van der Waals surface area contributed by atoms with Crippen molar-refractivity contribution in [3.8, 4) is 0 Å². The van der Waals surface area contributed by atoms with Gasteiger partial charge < -0.3 is 15.0 Å². The van der Waals surface area contributed by atoms with Crippen LogP contribution >= 0.6 is 0 Å². The van der Waals surface area contributed by atoms with E-state index in [1.54, 1.807) is 6.07 Å². The van der Waals surface area contributed by atoms with Gasteiger partial charge in [0.25, 0.3) is 11.5 Å². The van der Waals surface area contributed by atoms with Crippen molar-refractivity contribution in [1.29, 1.82) is 0 Å². The molecule has 2 aromatic carbocycles. The molecule has 3 rings (SSSR count). The number of aliphatic hydroxyl groups excluding tert-OH is 1. The molecule has 28 heavy (non-hydrogen) atoms. The lowest BCUT2D eigenvalue weighted by molar-refractivity contribution is 0.0731. The van der Waals surface area contributed by atoms with Crippen LogP contribution in [0.1, 0.15) is 33.5 Å². The molecule has 0 aliphatic carbocycles. The largest absolute Gasteiger partial charge is 0.396 e. The maximum Gasteiger partial charge on any atom is 0.254 e. The first-order valence-electron chi connectivity index (χ1n) is 9.18. The molecule has 3 aromatic rings. The van der Waals surface area contributed by atoms with Gasteiger partial charge in [-0.05, 0) is 61.0 Å². The molecule has 0 fully saturated rings. The van der Waals surface area contributed by atoms with Crippen molar-refractivity contribution >= 4 is 16.8 Å². The minimum atomic E-state index is -0.498. The number of pyridine rings is 1. The van der Waals surface area contributed by atoms with Crippen LogP contribution in [0.25, 0.3) is 10.9 Å². The highest BCUT2D eigenvalue weighted by Gasteiger charge is 2.18. The second kappa shape index (κ2) is 8.35. The Bertz CT molecular complexity index is 1080. The number of H-pyrrole nitrogens is 1. The van der Waals surface area contributed by atoms with Crippen molar-refractivity contribution < 1.29 is 14.3 Å². The number of aryl methyl sites for hydroxylation is 2. The molecule has 0 aliphatic rings. The third-order valence-electron chi connectivity index (χ3n) is 4.93. The van der Waals surface area contributed by atoms with E-state index in [0.717, 1.165) is 22.0 Å². The number of halogens is 1. The smallest absolute Gasteiger partial charge is 0.254 e. The van der Waals surface area contributed by atoms with E-state index in [2.05, 4.69) is 4.98 Å². The van der Waals surface area contributed by atoms with Gasteiger partial charge in [-0.25, -0.2) is 4.39 Å². The maximum absolute atomic E-state index is 13.5. The Morgan fingerprint density at radius 3 is 2.68 bits per heavy atom. The molecule has 1 aromatic heterocycles. The van der Waals surface area contributed by atoms with Crippen molar-refractivity contribution in [2.24, 2.45) is 0 Å². The summed E-state index contributed by atoms with van der Waals surface area (Å²) >= 11 is 0. The molecule has 0 saturated heterocycles. The molecule has 6 heteroatoms. The number of carbonyl (C=O) groups excluding carboxylic acids is 1. The van der Waals surface area contributed by atoms with E-state index in [1.807, 2.05) is 26.0 Å². The zero-order valence-corrected chi connectivity index (χ0v) is 16.0. The highest BCUT2D eigenvalue weighted by molar-refractivity contribution is 5.94. The van der Waals surface area contributed by atoms with Gasteiger partial charge in [-0.1, -0.05) is 18.2 Å². The fraction of sp³-hybridized carbons (Fsp3) is 0.273. The van der Waals surface area contributed by atoms with Crippen LogP contribution in [-0.2, 0) is 6.54 Å². The van der Waals surface area contributed by atoms with Crippen LogP contribution in [0.3, 0.4) is 0 Å². The highest BCUT2D eigenvalue weighted by atomic mass is 19.1. The lowest BCUT2D eigenvalue weighted by atomic mass is 10.0. The van der Waals surface area contributed by atoms with Crippen LogP contribution in [0.2, 0.25) is 0 Å². The summed E-state index contributed by atoms with van der Waals surface area (Å²) in [7, 11) is 0. The topological polar surface area (TPSA) is 73.4 Å². The molecule has 1 amide bonds. The van der Waals surface area contributed by atoms with Crippen LogP contribution in [0.15, 0.2) is 47.3 Å². The number of aromatic amines is 1. The number of carbonyl (C=O) groups is 1. The molecule has 2 N–H and O–H groups in total. The van der Waals surface area contributed by atoms with Gasteiger partial charge in [0.15, 0.2) is 0 Å². The van der Waals surface area contributed by atoms with E-state index in [9.17, 15) is 14.0 Å². The number of aromatic nitrogens is 1. The summed E-state index contributed by atoms with van der Waals surface area (Å²) in [5, 5.41) is 10.1. The second-order valence-corrected chi connectivity index (χ2v) is 6.91. The second-order valence-electron chi connectivity index (χ2n) is 6.91. The first-order chi connectivity index (χ1) is 13.4. The SMILES string of the molecule is Cc1ccc2cc(CN(CCCO)C(=O)c3cccc(F)c3)c(=O)[nH]c2c1C. The Morgan fingerprint density at radius 2 is 1.96 bits per heavy atom. The lowest BCUT2D eigenvalue weighted by Crippen LogP contribution is -2.34. The number of nitrogens with one attached hydrogen (secondary N) is 1. The number of hydrogen-bond acceptors (Lipinski definition) is 3. The van der Waals surface area contributed by atoms with Crippen molar-refractivity contribution in [3.05, 3.63) is 80.9 Å². The van der Waals surface area contributed by atoms with Gasteiger partial charge in [-0.2, -0.15) is 0 Å². The van der Waals surface area contributed by atoms with Gasteiger partial charge in [0.2, 0.25) is 0 Å². The van der Waals surface area contributed by atoms with E-state index >= 15 is 0 Å². The zero-order valence-electron chi connectivity index (χ0n) is 16.0. The number of benzene rings is 2. The van der Waals surface area contributed by atoms with Crippen molar-refractivity contribution in [1.82, 2.24) is 9.88 Å². The molecule has 0 atom stereocenters. The summed E-state index contributed by atoms with van der Waals surface area (Å²) in [6.45, 7) is 4.19. The van der Waals surface area contributed by atoms with Crippen LogP contribution in [-0.4, -0.2) is 34.0 Å². The lowest BCUT2D eigenvalue weighted by Gasteiger charge is -2.22. The minimum absolute atomic E-state index is 0.0769. The standard InChI is InChI=1S/C22H23FN2O3/c1-14-7-8-16-11-18(21(27)24-20(16)15(14)2)13-25(9-4-10-26)22(28)17-5-3-6-19(23)12-17/h3,5-8,11-12,26H,4,9-10,13H2,1-2H3,(H,24,27). The average molecular weight is 382 g/mol. The predicted molar refractivity (Wildman–Crippen MR) is 107 cm³/mol. The van der Waals surface area contributed by atoms with Gasteiger partial charge in [-0.3, -0.25) is 9.59 Å². The number of rotatable bonds is 6. The molecule has 0 unspecified atom stereocenters. The van der Waals surface area contributed by atoms with Gasteiger partial charge in [0.1, 0.15) is 5.82 Å². The van der Waals surface area contributed by atoms with Crippen LogP contribution in [0, 0.1) is 19.7 Å². The predicted octanol–water partition coefficient (Wildman–Crippen LogP) is 3.31. The Hall–Kier alpha value is -2.99. The molecule has 1 heterocycles. The van der Waals surface area contributed by atoms with E-state index in [-0.39, 0.29) is 36.7 Å². The van der Waals surface area contributed by atoms with Gasteiger partial charge >= 0.3 is 0 Å². The summed E-state index contributed by atoms with van der Waals surface area (Å²) in [6, 6.07) is 11.2. The zero-order chi connectivity index (χ0) is 20.3. The first-order valence-corrected chi connectivity index (χ1v) is 9.18. The van der Waals surface area contributed by atoms with Crippen molar-refractivity contribution in [3.63, 3.8) is 0 Å². The molecule has 146 valence electrons. The summed E-state index contributed by atoms with van der Waals surface area (Å²) < 4.78 is 13.5. The summed E-state index contributed by atoms with van der Waals surface area (Å²) in [6.07, 6.45) is 0.366. The third kappa shape index (κ3) is 4.12. The Labute approximate surface area is 162 Å². The Morgan fingerprint density at radius 1 is 1.18 bits per heavy atom. The minimum Gasteiger partial charge on any atom is -0.396 e. The molecule has 0 spiro atoms. The fourth-order valence-electron chi connectivity index (χ4n) is 3.21.